The van der Waals surface area contributed by atoms with Gasteiger partial charge < -0.3 is 15.2 Å². The molecule has 5 nitrogen and oxygen atoms in total. The van der Waals surface area contributed by atoms with Crippen LogP contribution in [-0.4, -0.2) is 38.7 Å². The molecule has 0 bridgehead atoms. The Bertz CT molecular complexity index is 581. The molecule has 1 spiro atoms. The molecule has 2 fully saturated rings. The Balaban J connectivity index is 1.79. The maximum atomic E-state index is 12.7. The van der Waals surface area contributed by atoms with Crippen LogP contribution in [0.2, 0.25) is 0 Å². The monoisotopic (exact) mass is 311 g/mol. The van der Waals surface area contributed by atoms with Crippen LogP contribution in [0.3, 0.4) is 0 Å². The summed E-state index contributed by atoms with van der Waals surface area (Å²) in [6.07, 6.45) is 1.62. The Hall–Kier alpha value is -0.950. The highest BCUT2D eigenvalue weighted by Crippen LogP contribution is 2.38. The molecule has 2 aliphatic rings. The Labute approximate surface area is 125 Å². The topological polar surface area (TPSA) is 78.6 Å². The molecular weight excluding hydrogens is 290 g/mol. The van der Waals surface area contributed by atoms with E-state index in [-0.39, 0.29) is 11.8 Å². The smallest absolute Gasteiger partial charge is 0.169 e. The van der Waals surface area contributed by atoms with E-state index in [4.69, 9.17) is 15.2 Å². The molecule has 1 aliphatic carbocycles. The van der Waals surface area contributed by atoms with Crippen LogP contribution in [0.5, 0.6) is 0 Å². The van der Waals surface area contributed by atoms with Crippen molar-refractivity contribution in [3.63, 3.8) is 0 Å². The van der Waals surface area contributed by atoms with Crippen molar-refractivity contribution >= 4 is 9.84 Å². The Morgan fingerprint density at radius 1 is 1.19 bits per heavy atom. The lowest BCUT2D eigenvalue weighted by molar-refractivity contribution is -0.177. The van der Waals surface area contributed by atoms with Crippen molar-refractivity contribution in [1.29, 1.82) is 0 Å². The zero-order valence-corrected chi connectivity index (χ0v) is 12.7. The van der Waals surface area contributed by atoms with E-state index in [0.29, 0.717) is 32.5 Å². The lowest BCUT2D eigenvalue weighted by Crippen LogP contribution is -2.52. The van der Waals surface area contributed by atoms with Crippen LogP contribution in [-0.2, 0) is 25.1 Å². The van der Waals surface area contributed by atoms with Crippen LogP contribution in [0.25, 0.3) is 0 Å². The fraction of sp³-hybridized carbons (Fsp3) is 0.600. The Kier molecular flexibility index (Phi) is 4.05. The summed E-state index contributed by atoms with van der Waals surface area (Å²) in [7, 11) is -3.33. The van der Waals surface area contributed by atoms with Crippen LogP contribution in [0.1, 0.15) is 24.8 Å². The van der Waals surface area contributed by atoms with Crippen molar-refractivity contribution in [2.24, 2.45) is 5.73 Å². The van der Waals surface area contributed by atoms with Gasteiger partial charge in [0.2, 0.25) is 0 Å². The third-order valence-electron chi connectivity index (χ3n) is 4.33. The molecule has 2 atom stereocenters. The molecule has 2 N–H and O–H groups in total. The number of rotatable bonds is 3. The van der Waals surface area contributed by atoms with Crippen molar-refractivity contribution in [3.8, 4) is 0 Å². The SMILES string of the molecule is NC1CCC2(CC1S(=O)(=O)Cc1ccccc1)OCCO2. The zero-order valence-electron chi connectivity index (χ0n) is 11.9. The first-order chi connectivity index (χ1) is 10.0. The normalized spacial score (nSPS) is 28.8. The van der Waals surface area contributed by atoms with Crippen molar-refractivity contribution < 1.29 is 17.9 Å². The minimum absolute atomic E-state index is 0.0162. The summed E-state index contributed by atoms with van der Waals surface area (Å²) in [6, 6.07) is 8.86. The second kappa shape index (κ2) is 5.68. The van der Waals surface area contributed by atoms with Crippen molar-refractivity contribution in [2.75, 3.05) is 13.2 Å². The molecular formula is C15H21NO4S. The minimum atomic E-state index is -3.33. The van der Waals surface area contributed by atoms with Crippen LogP contribution < -0.4 is 5.73 Å². The van der Waals surface area contributed by atoms with Gasteiger partial charge in [-0.2, -0.15) is 0 Å². The number of sulfone groups is 1. The van der Waals surface area contributed by atoms with Crippen molar-refractivity contribution in [1.82, 2.24) is 0 Å². The van der Waals surface area contributed by atoms with E-state index in [9.17, 15) is 8.42 Å². The highest BCUT2D eigenvalue weighted by molar-refractivity contribution is 7.91. The minimum Gasteiger partial charge on any atom is -0.347 e. The van der Waals surface area contributed by atoms with E-state index in [1.54, 1.807) is 0 Å². The largest absolute Gasteiger partial charge is 0.347 e. The number of hydrogen-bond donors (Lipinski definition) is 1. The van der Waals surface area contributed by atoms with Gasteiger partial charge in [-0.3, -0.25) is 0 Å². The van der Waals surface area contributed by atoms with Gasteiger partial charge in [0.05, 0.1) is 24.2 Å². The first kappa shape index (κ1) is 15.0. The van der Waals surface area contributed by atoms with E-state index in [0.717, 1.165) is 5.56 Å². The van der Waals surface area contributed by atoms with Gasteiger partial charge in [0.1, 0.15) is 0 Å². The van der Waals surface area contributed by atoms with E-state index < -0.39 is 20.9 Å². The molecule has 3 rings (SSSR count). The van der Waals surface area contributed by atoms with Gasteiger partial charge in [-0.1, -0.05) is 30.3 Å². The first-order valence-electron chi connectivity index (χ1n) is 7.30. The van der Waals surface area contributed by atoms with Crippen LogP contribution in [0.15, 0.2) is 30.3 Å². The number of hydrogen-bond acceptors (Lipinski definition) is 5. The van der Waals surface area contributed by atoms with Gasteiger partial charge in [0, 0.05) is 18.9 Å². The van der Waals surface area contributed by atoms with Crippen LogP contribution >= 0.6 is 0 Å². The maximum Gasteiger partial charge on any atom is 0.169 e. The fourth-order valence-electron chi connectivity index (χ4n) is 3.20. The predicted octanol–water partition coefficient (Wildman–Crippen LogP) is 1.22. The second-order valence-electron chi connectivity index (χ2n) is 5.85. The quantitative estimate of drug-likeness (QED) is 0.908. The predicted molar refractivity (Wildman–Crippen MR) is 79.3 cm³/mol. The third kappa shape index (κ3) is 3.13. The van der Waals surface area contributed by atoms with E-state index >= 15 is 0 Å². The van der Waals surface area contributed by atoms with Gasteiger partial charge in [-0.15, -0.1) is 0 Å². The summed E-state index contributed by atoms with van der Waals surface area (Å²) in [5, 5.41) is -0.607. The summed E-state index contributed by atoms with van der Waals surface area (Å²) >= 11 is 0. The molecule has 1 aliphatic heterocycles. The summed E-state index contributed by atoms with van der Waals surface area (Å²) < 4.78 is 36.8. The lowest BCUT2D eigenvalue weighted by atomic mass is 9.90. The van der Waals surface area contributed by atoms with Crippen LogP contribution in [0.4, 0.5) is 0 Å². The third-order valence-corrected chi connectivity index (χ3v) is 6.51. The van der Waals surface area contributed by atoms with E-state index in [2.05, 4.69) is 0 Å². The number of nitrogens with two attached hydrogens (primary N) is 1. The second-order valence-corrected chi connectivity index (χ2v) is 8.07. The maximum absolute atomic E-state index is 12.7. The molecule has 0 aromatic heterocycles. The summed E-state index contributed by atoms with van der Waals surface area (Å²) in [5.74, 6) is -0.716. The van der Waals surface area contributed by atoms with Gasteiger partial charge in [0.15, 0.2) is 15.6 Å². The molecule has 1 saturated heterocycles. The molecule has 6 heteroatoms. The summed E-state index contributed by atoms with van der Waals surface area (Å²) in [4.78, 5) is 0. The zero-order chi connectivity index (χ0) is 14.9. The van der Waals surface area contributed by atoms with Crippen molar-refractivity contribution in [3.05, 3.63) is 35.9 Å². The van der Waals surface area contributed by atoms with Gasteiger partial charge in [-0.25, -0.2) is 8.42 Å². The summed E-state index contributed by atoms with van der Waals surface area (Å²) in [6.45, 7) is 1.06. The van der Waals surface area contributed by atoms with E-state index in [1.165, 1.54) is 0 Å². The molecule has 0 radical (unpaired) electrons. The number of ether oxygens (including phenoxy) is 2. The Morgan fingerprint density at radius 3 is 2.52 bits per heavy atom. The molecule has 1 heterocycles. The first-order valence-corrected chi connectivity index (χ1v) is 9.01. The highest BCUT2D eigenvalue weighted by Gasteiger charge is 2.48. The summed E-state index contributed by atoms with van der Waals surface area (Å²) in [5.41, 5.74) is 6.87. The van der Waals surface area contributed by atoms with Gasteiger partial charge >= 0.3 is 0 Å². The standard InChI is InChI=1S/C15H21NO4S/c16-13-6-7-15(19-8-9-20-15)10-14(13)21(17,18)11-12-4-2-1-3-5-12/h1-5,13-14H,6-11,16H2. The molecule has 0 amide bonds. The van der Waals surface area contributed by atoms with Gasteiger partial charge in [0.25, 0.3) is 0 Å². The van der Waals surface area contributed by atoms with Crippen LogP contribution in [0, 0.1) is 0 Å². The lowest BCUT2D eigenvalue weighted by Gasteiger charge is -2.39. The number of benzene rings is 1. The molecule has 2 unspecified atom stereocenters. The fourth-order valence-corrected chi connectivity index (χ4v) is 5.25. The highest BCUT2D eigenvalue weighted by atomic mass is 32.2. The Morgan fingerprint density at radius 2 is 1.86 bits per heavy atom. The molecule has 21 heavy (non-hydrogen) atoms. The molecule has 1 saturated carbocycles. The molecule has 116 valence electrons. The molecule has 1 aromatic carbocycles. The van der Waals surface area contributed by atoms with Gasteiger partial charge in [-0.05, 0) is 12.0 Å². The molecule has 1 aromatic rings. The average Bonchev–Trinajstić information content (AvgIpc) is 2.91. The van der Waals surface area contributed by atoms with E-state index in [1.807, 2.05) is 30.3 Å². The average molecular weight is 311 g/mol. The van der Waals surface area contributed by atoms with Crippen molar-refractivity contribution in [2.45, 2.75) is 42.1 Å².